The van der Waals surface area contributed by atoms with Crippen molar-refractivity contribution in [3.05, 3.63) is 28.8 Å². The van der Waals surface area contributed by atoms with Gasteiger partial charge in [0.15, 0.2) is 0 Å². The van der Waals surface area contributed by atoms with Crippen LogP contribution in [0.4, 0.5) is 0 Å². The van der Waals surface area contributed by atoms with Gasteiger partial charge in [0, 0.05) is 0 Å². The summed E-state index contributed by atoms with van der Waals surface area (Å²) in [6, 6.07) is 3.42. The molecule has 0 N–H and O–H groups in total. The predicted molar refractivity (Wildman–Crippen MR) is 127 cm³/mol. The molecule has 174 valence electrons. The van der Waals surface area contributed by atoms with Gasteiger partial charge in [-0.15, -0.1) is 0 Å². The molecule has 0 saturated carbocycles. The van der Waals surface area contributed by atoms with Crippen molar-refractivity contribution in [2.75, 3.05) is 0 Å². The molecular formula is C26H45NaO3S. The molecule has 0 saturated heterocycles. The van der Waals surface area contributed by atoms with E-state index in [9.17, 15) is 13.0 Å². The molecule has 1 aromatic rings. The average molecular weight is 461 g/mol. The molecule has 0 unspecified atom stereocenters. The Labute approximate surface area is 215 Å². The van der Waals surface area contributed by atoms with Gasteiger partial charge in [-0.3, -0.25) is 0 Å². The second-order valence-electron chi connectivity index (χ2n) is 9.05. The van der Waals surface area contributed by atoms with E-state index < -0.39 is 10.1 Å². The SMILES string of the molecule is CCCCCCCCCCCCCCCCCCc1cc(C)c(S(=O)(=O)[O-])cc1C.[Na+]. The summed E-state index contributed by atoms with van der Waals surface area (Å²) in [5, 5.41) is 0. The molecule has 0 aliphatic heterocycles. The van der Waals surface area contributed by atoms with Crippen LogP contribution in [0.5, 0.6) is 0 Å². The van der Waals surface area contributed by atoms with Gasteiger partial charge in [-0.05, 0) is 49.4 Å². The van der Waals surface area contributed by atoms with Crippen molar-refractivity contribution in [1.29, 1.82) is 0 Å². The summed E-state index contributed by atoms with van der Waals surface area (Å²) >= 11 is 0. The number of hydrogen-bond acceptors (Lipinski definition) is 3. The monoisotopic (exact) mass is 460 g/mol. The van der Waals surface area contributed by atoms with Crippen LogP contribution in [-0.2, 0) is 16.5 Å². The first-order valence-corrected chi connectivity index (χ1v) is 13.8. The first-order chi connectivity index (χ1) is 14.4. The Morgan fingerprint density at radius 3 is 1.42 bits per heavy atom. The van der Waals surface area contributed by atoms with E-state index in [2.05, 4.69) is 6.92 Å². The summed E-state index contributed by atoms with van der Waals surface area (Å²) in [7, 11) is -4.37. The molecule has 1 rings (SSSR count). The van der Waals surface area contributed by atoms with Gasteiger partial charge in [-0.1, -0.05) is 109 Å². The zero-order valence-corrected chi connectivity index (χ0v) is 23.6. The summed E-state index contributed by atoms with van der Waals surface area (Å²) in [5.41, 5.74) is 2.66. The topological polar surface area (TPSA) is 57.2 Å². The summed E-state index contributed by atoms with van der Waals surface area (Å²) < 4.78 is 33.8. The van der Waals surface area contributed by atoms with Crippen LogP contribution in [0.3, 0.4) is 0 Å². The molecule has 0 fully saturated rings. The number of aryl methyl sites for hydroxylation is 3. The van der Waals surface area contributed by atoms with Gasteiger partial charge >= 0.3 is 29.6 Å². The van der Waals surface area contributed by atoms with Crippen molar-refractivity contribution in [1.82, 2.24) is 0 Å². The molecule has 0 amide bonds. The van der Waals surface area contributed by atoms with Crippen molar-refractivity contribution < 1.29 is 42.5 Å². The van der Waals surface area contributed by atoms with Crippen LogP contribution < -0.4 is 29.6 Å². The Morgan fingerprint density at radius 2 is 1.03 bits per heavy atom. The maximum Gasteiger partial charge on any atom is 1.00 e. The van der Waals surface area contributed by atoms with Crippen LogP contribution in [0.2, 0.25) is 0 Å². The molecule has 31 heavy (non-hydrogen) atoms. The molecule has 0 aromatic heterocycles. The summed E-state index contributed by atoms with van der Waals surface area (Å²) in [6.07, 6.45) is 22.7. The van der Waals surface area contributed by atoms with Crippen LogP contribution in [0.15, 0.2) is 17.0 Å². The van der Waals surface area contributed by atoms with Gasteiger partial charge in [-0.2, -0.15) is 0 Å². The molecule has 0 aliphatic carbocycles. The Balaban J connectivity index is 0.00000900. The number of rotatable bonds is 18. The molecule has 0 spiro atoms. The Kier molecular flexibility index (Phi) is 18.6. The maximum atomic E-state index is 11.3. The van der Waals surface area contributed by atoms with Crippen LogP contribution in [0.1, 0.15) is 126 Å². The molecule has 0 aliphatic rings. The molecule has 3 nitrogen and oxygen atoms in total. The first-order valence-electron chi connectivity index (χ1n) is 12.4. The fourth-order valence-corrected chi connectivity index (χ4v) is 5.03. The van der Waals surface area contributed by atoms with Gasteiger partial charge in [0.1, 0.15) is 10.1 Å². The van der Waals surface area contributed by atoms with Gasteiger partial charge in [0.25, 0.3) is 0 Å². The zero-order chi connectivity index (χ0) is 22.2. The molecule has 0 heterocycles. The predicted octanol–water partition coefficient (Wildman–Crippen LogP) is 5.02. The molecule has 5 heteroatoms. The van der Waals surface area contributed by atoms with Crippen molar-refractivity contribution in [3.8, 4) is 0 Å². The quantitative estimate of drug-likeness (QED) is 0.176. The van der Waals surface area contributed by atoms with E-state index in [0.717, 1.165) is 18.4 Å². The van der Waals surface area contributed by atoms with Crippen LogP contribution in [0, 0.1) is 13.8 Å². The smallest absolute Gasteiger partial charge is 0.744 e. The Hall–Kier alpha value is 0.130. The van der Waals surface area contributed by atoms with Crippen molar-refractivity contribution in [2.24, 2.45) is 0 Å². The molecule has 1 aromatic carbocycles. The van der Waals surface area contributed by atoms with Gasteiger partial charge in [0.05, 0.1) is 4.90 Å². The second-order valence-corrected chi connectivity index (χ2v) is 10.4. The largest absolute Gasteiger partial charge is 1.00 e. The first kappa shape index (κ1) is 31.1. The van der Waals surface area contributed by atoms with E-state index >= 15 is 0 Å². The molecule has 0 radical (unpaired) electrons. The van der Waals surface area contributed by atoms with Crippen molar-refractivity contribution in [3.63, 3.8) is 0 Å². The minimum absolute atomic E-state index is 0. The van der Waals surface area contributed by atoms with Gasteiger partial charge in [-0.25, -0.2) is 8.42 Å². The standard InChI is InChI=1S/C26H46O3S.Na/c1-4-5-6-7-8-9-10-11-12-13-14-15-16-17-18-19-20-25-21-24(3)26(22-23(25)2)30(27,28)29;/h21-22H,4-20H2,1-3H3,(H,27,28,29);/q;+1/p-1. The second kappa shape index (κ2) is 18.5. The fraction of sp³-hybridized carbons (Fsp3) is 0.769. The third-order valence-electron chi connectivity index (χ3n) is 6.20. The maximum absolute atomic E-state index is 11.3. The third kappa shape index (κ3) is 14.8. The number of benzene rings is 1. The van der Waals surface area contributed by atoms with E-state index in [-0.39, 0.29) is 34.5 Å². The van der Waals surface area contributed by atoms with Gasteiger partial charge in [0.2, 0.25) is 0 Å². The normalized spacial score (nSPS) is 11.5. The molecule has 0 atom stereocenters. The van der Waals surface area contributed by atoms with Crippen molar-refractivity contribution >= 4 is 10.1 Å². The summed E-state index contributed by atoms with van der Waals surface area (Å²) in [5.74, 6) is 0. The number of unbranched alkanes of at least 4 members (excludes halogenated alkanes) is 15. The van der Waals surface area contributed by atoms with E-state index in [0.29, 0.717) is 5.56 Å². The number of hydrogen-bond donors (Lipinski definition) is 0. The van der Waals surface area contributed by atoms with Crippen LogP contribution in [-0.4, -0.2) is 13.0 Å². The van der Waals surface area contributed by atoms with E-state index in [1.165, 1.54) is 102 Å². The zero-order valence-electron chi connectivity index (χ0n) is 20.8. The molecule has 0 bridgehead atoms. The fourth-order valence-electron chi connectivity index (χ4n) is 4.25. The van der Waals surface area contributed by atoms with E-state index in [4.69, 9.17) is 0 Å². The van der Waals surface area contributed by atoms with E-state index in [1.54, 1.807) is 13.0 Å². The Bertz CT molecular complexity index is 686. The minimum atomic E-state index is -4.37. The van der Waals surface area contributed by atoms with Crippen LogP contribution >= 0.6 is 0 Å². The third-order valence-corrected chi connectivity index (χ3v) is 7.18. The summed E-state index contributed by atoms with van der Waals surface area (Å²) in [6.45, 7) is 5.88. The molecular weight excluding hydrogens is 415 g/mol. The summed E-state index contributed by atoms with van der Waals surface area (Å²) in [4.78, 5) is -0.0734. The van der Waals surface area contributed by atoms with Gasteiger partial charge < -0.3 is 4.55 Å². The van der Waals surface area contributed by atoms with Crippen molar-refractivity contribution in [2.45, 2.75) is 135 Å². The Morgan fingerprint density at radius 1 is 0.645 bits per heavy atom. The van der Waals surface area contributed by atoms with E-state index in [1.807, 2.05) is 13.0 Å². The van der Waals surface area contributed by atoms with Crippen LogP contribution in [0.25, 0.3) is 0 Å². The minimum Gasteiger partial charge on any atom is -0.744 e. The average Bonchev–Trinajstić information content (AvgIpc) is 2.69.